The highest BCUT2D eigenvalue weighted by molar-refractivity contribution is 6.30. The first-order valence-electron chi connectivity index (χ1n) is 7.15. The van der Waals surface area contributed by atoms with Crippen LogP contribution in [0.4, 0.5) is 0 Å². The molecule has 0 fully saturated rings. The van der Waals surface area contributed by atoms with Gasteiger partial charge in [-0.25, -0.2) is 0 Å². The molecule has 1 aliphatic rings. The summed E-state index contributed by atoms with van der Waals surface area (Å²) >= 11 is 5.93. The Kier molecular flexibility index (Phi) is 3.57. The van der Waals surface area contributed by atoms with E-state index in [1.165, 1.54) is 5.56 Å². The molecule has 2 heteroatoms. The molecule has 20 heavy (non-hydrogen) atoms. The van der Waals surface area contributed by atoms with Crippen molar-refractivity contribution in [2.45, 2.75) is 37.7 Å². The highest BCUT2D eigenvalue weighted by Crippen LogP contribution is 2.42. The summed E-state index contributed by atoms with van der Waals surface area (Å²) in [5.41, 5.74) is 2.75. The largest absolute Gasteiger partial charge is 0.385 e. The number of hydrogen-bond acceptors (Lipinski definition) is 1. The monoisotopic (exact) mass is 286 g/mol. The lowest BCUT2D eigenvalue weighted by Crippen LogP contribution is -2.33. The Morgan fingerprint density at radius 3 is 2.60 bits per heavy atom. The van der Waals surface area contributed by atoms with Crippen LogP contribution < -0.4 is 0 Å². The van der Waals surface area contributed by atoms with Crippen molar-refractivity contribution in [3.63, 3.8) is 0 Å². The van der Waals surface area contributed by atoms with E-state index < -0.39 is 5.60 Å². The lowest BCUT2D eigenvalue weighted by Gasteiger charge is -2.37. The van der Waals surface area contributed by atoms with E-state index in [0.29, 0.717) is 12.3 Å². The van der Waals surface area contributed by atoms with E-state index in [-0.39, 0.29) is 0 Å². The van der Waals surface area contributed by atoms with Gasteiger partial charge in [0.1, 0.15) is 0 Å². The van der Waals surface area contributed by atoms with Crippen LogP contribution in [0.1, 0.15) is 42.4 Å². The number of aliphatic hydroxyl groups is 1. The highest BCUT2D eigenvalue weighted by atomic mass is 35.5. The molecule has 0 aromatic heterocycles. The molecule has 3 rings (SSSR count). The quantitative estimate of drug-likeness (QED) is 0.851. The number of fused-ring (bicyclic) bond motifs is 1. The zero-order valence-electron chi connectivity index (χ0n) is 11.6. The molecule has 0 spiro atoms. The van der Waals surface area contributed by atoms with Crippen molar-refractivity contribution in [2.75, 3.05) is 0 Å². The van der Waals surface area contributed by atoms with Gasteiger partial charge in [-0.2, -0.15) is 0 Å². The predicted octanol–water partition coefficient (Wildman–Crippen LogP) is 4.67. The van der Waals surface area contributed by atoms with Crippen LogP contribution in [0.3, 0.4) is 0 Å². The summed E-state index contributed by atoms with van der Waals surface area (Å²) in [4.78, 5) is 0. The average Bonchev–Trinajstić information content (AvgIpc) is 2.46. The number of halogens is 1. The fourth-order valence-corrected chi connectivity index (χ4v) is 3.35. The van der Waals surface area contributed by atoms with Gasteiger partial charge in [-0.05, 0) is 47.6 Å². The molecule has 0 saturated heterocycles. The van der Waals surface area contributed by atoms with E-state index in [0.717, 1.165) is 29.0 Å². The van der Waals surface area contributed by atoms with Gasteiger partial charge in [-0.1, -0.05) is 54.9 Å². The standard InChI is InChI=1S/C18H19ClO/c1-13-10-11-18(20,17-5-3-2-4-16(13)17)12-14-6-8-15(19)9-7-14/h2-9,13,20H,10-12H2,1H3. The van der Waals surface area contributed by atoms with Crippen LogP contribution in [0.5, 0.6) is 0 Å². The minimum atomic E-state index is -0.753. The van der Waals surface area contributed by atoms with Crippen molar-refractivity contribution in [3.05, 3.63) is 70.2 Å². The highest BCUT2D eigenvalue weighted by Gasteiger charge is 2.36. The van der Waals surface area contributed by atoms with Gasteiger partial charge in [-0.15, -0.1) is 0 Å². The Morgan fingerprint density at radius 2 is 1.85 bits per heavy atom. The third kappa shape index (κ3) is 2.48. The maximum Gasteiger partial charge on any atom is 0.0939 e. The zero-order chi connectivity index (χ0) is 14.2. The Morgan fingerprint density at radius 1 is 1.15 bits per heavy atom. The first-order valence-corrected chi connectivity index (χ1v) is 7.52. The van der Waals surface area contributed by atoms with E-state index >= 15 is 0 Å². The molecule has 2 aromatic carbocycles. The molecule has 0 bridgehead atoms. The fourth-order valence-electron chi connectivity index (χ4n) is 3.22. The van der Waals surface area contributed by atoms with Gasteiger partial charge >= 0.3 is 0 Å². The third-order valence-corrected chi connectivity index (χ3v) is 4.65. The SMILES string of the molecule is CC1CCC(O)(Cc2ccc(Cl)cc2)c2ccccc21. The molecule has 2 aromatic rings. The second-order valence-corrected chi connectivity index (χ2v) is 6.30. The predicted molar refractivity (Wildman–Crippen MR) is 83.1 cm³/mol. The molecular formula is C18H19ClO. The van der Waals surface area contributed by atoms with Crippen molar-refractivity contribution in [2.24, 2.45) is 0 Å². The average molecular weight is 287 g/mol. The maximum atomic E-state index is 11.1. The lowest BCUT2D eigenvalue weighted by atomic mass is 9.72. The Labute approximate surface area is 125 Å². The molecule has 0 saturated carbocycles. The van der Waals surface area contributed by atoms with Crippen molar-refractivity contribution in [3.8, 4) is 0 Å². The van der Waals surface area contributed by atoms with Crippen LogP contribution in [-0.2, 0) is 12.0 Å². The van der Waals surface area contributed by atoms with E-state index in [1.54, 1.807) is 0 Å². The van der Waals surface area contributed by atoms with Gasteiger partial charge in [0.05, 0.1) is 5.60 Å². The van der Waals surface area contributed by atoms with E-state index in [1.807, 2.05) is 30.3 Å². The molecule has 2 atom stereocenters. The zero-order valence-corrected chi connectivity index (χ0v) is 12.4. The van der Waals surface area contributed by atoms with Crippen molar-refractivity contribution in [1.82, 2.24) is 0 Å². The van der Waals surface area contributed by atoms with Crippen LogP contribution in [0, 0.1) is 0 Å². The Balaban J connectivity index is 1.96. The number of rotatable bonds is 2. The maximum absolute atomic E-state index is 11.1. The molecular weight excluding hydrogens is 268 g/mol. The second kappa shape index (κ2) is 5.23. The van der Waals surface area contributed by atoms with Crippen molar-refractivity contribution >= 4 is 11.6 Å². The summed E-state index contributed by atoms with van der Waals surface area (Å²) < 4.78 is 0. The van der Waals surface area contributed by atoms with Gasteiger partial charge in [0.15, 0.2) is 0 Å². The van der Waals surface area contributed by atoms with Crippen LogP contribution >= 0.6 is 11.6 Å². The topological polar surface area (TPSA) is 20.2 Å². The lowest BCUT2D eigenvalue weighted by molar-refractivity contribution is 0.0159. The van der Waals surface area contributed by atoms with Crippen LogP contribution in [0.15, 0.2) is 48.5 Å². The normalized spacial score (nSPS) is 25.2. The van der Waals surface area contributed by atoms with Crippen molar-refractivity contribution in [1.29, 1.82) is 0 Å². The van der Waals surface area contributed by atoms with Crippen LogP contribution in [0.2, 0.25) is 5.02 Å². The third-order valence-electron chi connectivity index (χ3n) is 4.39. The summed E-state index contributed by atoms with van der Waals surface area (Å²) in [7, 11) is 0. The molecule has 104 valence electrons. The molecule has 1 aliphatic carbocycles. The van der Waals surface area contributed by atoms with Gasteiger partial charge in [0, 0.05) is 11.4 Å². The van der Waals surface area contributed by atoms with Crippen LogP contribution in [0.25, 0.3) is 0 Å². The first kappa shape index (κ1) is 13.7. The summed E-state index contributed by atoms with van der Waals surface area (Å²) in [5.74, 6) is 0.525. The Bertz CT molecular complexity index is 605. The van der Waals surface area contributed by atoms with Gasteiger partial charge < -0.3 is 5.11 Å². The first-order chi connectivity index (χ1) is 9.58. The summed E-state index contributed by atoms with van der Waals surface area (Å²) in [6.45, 7) is 2.24. The van der Waals surface area contributed by atoms with E-state index in [4.69, 9.17) is 11.6 Å². The number of benzene rings is 2. The molecule has 0 radical (unpaired) electrons. The van der Waals surface area contributed by atoms with Crippen LogP contribution in [-0.4, -0.2) is 5.11 Å². The van der Waals surface area contributed by atoms with Crippen molar-refractivity contribution < 1.29 is 5.11 Å². The van der Waals surface area contributed by atoms with Gasteiger partial charge in [0.2, 0.25) is 0 Å². The van der Waals surface area contributed by atoms with Gasteiger partial charge in [0.25, 0.3) is 0 Å². The molecule has 0 heterocycles. The Hall–Kier alpha value is -1.31. The van der Waals surface area contributed by atoms with E-state index in [2.05, 4.69) is 25.1 Å². The second-order valence-electron chi connectivity index (χ2n) is 5.86. The smallest absolute Gasteiger partial charge is 0.0939 e. The molecule has 1 nitrogen and oxygen atoms in total. The number of hydrogen-bond donors (Lipinski definition) is 1. The summed E-state index contributed by atoms with van der Waals surface area (Å²) in [6, 6.07) is 16.1. The molecule has 0 aliphatic heterocycles. The summed E-state index contributed by atoms with van der Waals surface area (Å²) in [6.07, 6.45) is 2.49. The fraction of sp³-hybridized carbons (Fsp3) is 0.333. The van der Waals surface area contributed by atoms with E-state index in [9.17, 15) is 5.11 Å². The molecule has 2 unspecified atom stereocenters. The molecule has 0 amide bonds. The minimum Gasteiger partial charge on any atom is -0.385 e. The molecule has 1 N–H and O–H groups in total. The summed E-state index contributed by atoms with van der Waals surface area (Å²) in [5, 5.41) is 11.9. The van der Waals surface area contributed by atoms with Gasteiger partial charge in [-0.3, -0.25) is 0 Å². The minimum absolute atomic E-state index is 0.525.